The maximum Gasteiger partial charge on any atom is 0.282 e. The molecule has 0 radical (unpaired) electrons. The molecule has 2 aromatic rings. The third-order valence-electron chi connectivity index (χ3n) is 5.83. The lowest BCUT2D eigenvalue weighted by atomic mass is 9.91. The summed E-state index contributed by atoms with van der Waals surface area (Å²) >= 11 is 6.09. The fourth-order valence-electron chi connectivity index (χ4n) is 4.74. The summed E-state index contributed by atoms with van der Waals surface area (Å²) in [4.78, 5) is 30.8. The molecule has 2 aliphatic rings. The van der Waals surface area contributed by atoms with Crippen molar-refractivity contribution in [2.75, 3.05) is 18.0 Å². The van der Waals surface area contributed by atoms with Gasteiger partial charge in [0.2, 0.25) is 0 Å². The lowest BCUT2D eigenvalue weighted by Crippen LogP contribution is -2.42. The van der Waals surface area contributed by atoms with Crippen LogP contribution in [0.4, 0.5) is 5.69 Å². The van der Waals surface area contributed by atoms with Crippen molar-refractivity contribution in [1.29, 1.82) is 0 Å². The van der Waals surface area contributed by atoms with Gasteiger partial charge in [0.05, 0.1) is 17.4 Å². The molecule has 2 heterocycles. The van der Waals surface area contributed by atoms with E-state index in [2.05, 4.69) is 18.7 Å². The normalized spacial score (nSPS) is 21.7. The van der Waals surface area contributed by atoms with Gasteiger partial charge in [-0.3, -0.25) is 9.59 Å². The number of benzene rings is 2. The van der Waals surface area contributed by atoms with E-state index >= 15 is 0 Å². The number of carbonyl (C=O) groups excluding carboxylic acids is 2. The van der Waals surface area contributed by atoms with E-state index in [1.54, 1.807) is 42.5 Å². The highest BCUT2D eigenvalue weighted by Gasteiger charge is 2.43. The first kappa shape index (κ1) is 22.4. The highest BCUT2D eigenvalue weighted by Crippen LogP contribution is 2.38. The van der Waals surface area contributed by atoms with Gasteiger partial charge in [-0.25, -0.2) is 4.90 Å². The number of piperidine rings is 1. The second kappa shape index (κ2) is 8.99. The molecule has 4 rings (SSSR count). The third kappa shape index (κ3) is 4.40. The largest absolute Gasteiger partial charge is 0.491 e. The van der Waals surface area contributed by atoms with Crippen LogP contribution in [0.2, 0.25) is 5.02 Å². The van der Waals surface area contributed by atoms with E-state index in [0.717, 1.165) is 19.5 Å². The minimum atomic E-state index is -0.320. The van der Waals surface area contributed by atoms with Crippen molar-refractivity contribution in [3.63, 3.8) is 0 Å². The second-order valence-corrected chi connectivity index (χ2v) is 9.63. The topological polar surface area (TPSA) is 49.9 Å². The van der Waals surface area contributed by atoms with E-state index in [0.29, 0.717) is 45.1 Å². The van der Waals surface area contributed by atoms with Gasteiger partial charge >= 0.3 is 0 Å². The van der Waals surface area contributed by atoms with Gasteiger partial charge in [-0.05, 0) is 61.9 Å². The number of imide groups is 1. The molecule has 32 heavy (non-hydrogen) atoms. The van der Waals surface area contributed by atoms with E-state index in [1.807, 2.05) is 19.9 Å². The Morgan fingerprint density at radius 2 is 1.62 bits per heavy atom. The molecule has 2 amide bonds. The standard InChI is InChI=1S/C26H29ClN2O3/c1-16(2)32-22-7-5-6-21(13-22)29-25(30)23(19-8-10-20(27)11-9-19)24(26(29)31)28-14-17(3)12-18(4)15-28/h5-11,13,16-18H,12,14-15H2,1-4H3. The molecule has 168 valence electrons. The van der Waals surface area contributed by atoms with E-state index < -0.39 is 0 Å². The van der Waals surface area contributed by atoms with E-state index in [4.69, 9.17) is 16.3 Å². The number of hydrogen-bond donors (Lipinski definition) is 0. The Kier molecular flexibility index (Phi) is 6.29. The Morgan fingerprint density at radius 3 is 2.25 bits per heavy atom. The fraction of sp³-hybridized carbons (Fsp3) is 0.385. The van der Waals surface area contributed by atoms with Gasteiger partial charge < -0.3 is 9.64 Å². The van der Waals surface area contributed by atoms with Crippen LogP contribution in [-0.4, -0.2) is 35.9 Å². The number of ether oxygens (including phenoxy) is 1. The molecule has 2 unspecified atom stereocenters. The molecule has 6 heteroatoms. The number of carbonyl (C=O) groups is 2. The summed E-state index contributed by atoms with van der Waals surface area (Å²) in [6, 6.07) is 14.3. The lowest BCUT2D eigenvalue weighted by molar-refractivity contribution is -0.120. The minimum absolute atomic E-state index is 0.00938. The first-order valence-corrected chi connectivity index (χ1v) is 11.5. The van der Waals surface area contributed by atoms with Gasteiger partial charge in [-0.2, -0.15) is 0 Å². The zero-order chi connectivity index (χ0) is 23.0. The van der Waals surface area contributed by atoms with Crippen molar-refractivity contribution >= 4 is 34.7 Å². The smallest absolute Gasteiger partial charge is 0.282 e. The van der Waals surface area contributed by atoms with Crippen LogP contribution in [0.15, 0.2) is 54.2 Å². The average molecular weight is 453 g/mol. The summed E-state index contributed by atoms with van der Waals surface area (Å²) < 4.78 is 5.79. The van der Waals surface area contributed by atoms with Gasteiger partial charge in [0, 0.05) is 24.2 Å². The van der Waals surface area contributed by atoms with Crippen molar-refractivity contribution in [3.8, 4) is 5.75 Å². The number of nitrogens with zero attached hydrogens (tertiary/aromatic N) is 2. The Balaban J connectivity index is 1.79. The molecule has 1 fully saturated rings. The maximum absolute atomic E-state index is 13.8. The summed E-state index contributed by atoms with van der Waals surface area (Å²) in [5, 5.41) is 0.586. The van der Waals surface area contributed by atoms with E-state index in [-0.39, 0.29) is 17.9 Å². The first-order chi connectivity index (χ1) is 15.2. The fourth-order valence-corrected chi connectivity index (χ4v) is 4.86. The van der Waals surface area contributed by atoms with Crippen LogP contribution in [-0.2, 0) is 9.59 Å². The molecular weight excluding hydrogens is 424 g/mol. The van der Waals surface area contributed by atoms with Gasteiger partial charge in [0.1, 0.15) is 11.4 Å². The van der Waals surface area contributed by atoms with Crippen molar-refractivity contribution in [3.05, 3.63) is 64.8 Å². The molecule has 0 N–H and O–H groups in total. The molecule has 5 nitrogen and oxygen atoms in total. The maximum atomic E-state index is 13.8. The Morgan fingerprint density at radius 1 is 0.969 bits per heavy atom. The van der Waals surface area contributed by atoms with Crippen LogP contribution in [0.1, 0.15) is 39.7 Å². The molecule has 2 atom stereocenters. The van der Waals surface area contributed by atoms with E-state index in [1.165, 1.54) is 4.90 Å². The van der Waals surface area contributed by atoms with Gasteiger partial charge in [0.15, 0.2) is 0 Å². The average Bonchev–Trinajstić information content (AvgIpc) is 2.98. The Bertz CT molecular complexity index is 1050. The quantitative estimate of drug-likeness (QED) is 0.571. The van der Waals surface area contributed by atoms with Crippen molar-refractivity contribution in [2.45, 2.75) is 40.2 Å². The summed E-state index contributed by atoms with van der Waals surface area (Å²) in [5.41, 5.74) is 2.12. The van der Waals surface area contributed by atoms with Crippen LogP contribution in [0.3, 0.4) is 0 Å². The zero-order valence-corrected chi connectivity index (χ0v) is 19.7. The SMILES string of the molecule is CC1CC(C)CN(C2=C(c3ccc(Cl)cc3)C(=O)N(c3cccc(OC(C)C)c3)C2=O)C1. The zero-order valence-electron chi connectivity index (χ0n) is 19.0. The first-order valence-electron chi connectivity index (χ1n) is 11.1. The lowest BCUT2D eigenvalue weighted by Gasteiger charge is -2.37. The number of anilines is 1. The molecule has 0 bridgehead atoms. The predicted molar refractivity (Wildman–Crippen MR) is 128 cm³/mol. The Hall–Kier alpha value is -2.79. The second-order valence-electron chi connectivity index (χ2n) is 9.19. The third-order valence-corrected chi connectivity index (χ3v) is 6.08. The molecule has 0 aliphatic carbocycles. The predicted octanol–water partition coefficient (Wildman–Crippen LogP) is 5.39. The molecule has 0 saturated carbocycles. The van der Waals surface area contributed by atoms with Crippen LogP contribution in [0, 0.1) is 11.8 Å². The highest BCUT2D eigenvalue weighted by molar-refractivity contribution is 6.45. The number of hydrogen-bond acceptors (Lipinski definition) is 4. The summed E-state index contributed by atoms with van der Waals surface area (Å²) in [7, 11) is 0. The minimum Gasteiger partial charge on any atom is -0.491 e. The molecule has 2 aliphatic heterocycles. The molecule has 2 aromatic carbocycles. The van der Waals surface area contributed by atoms with Gasteiger partial charge in [-0.1, -0.05) is 43.6 Å². The number of amides is 2. The molecular formula is C26H29ClN2O3. The van der Waals surface area contributed by atoms with Gasteiger partial charge in [0.25, 0.3) is 11.8 Å². The van der Waals surface area contributed by atoms with E-state index in [9.17, 15) is 9.59 Å². The van der Waals surface area contributed by atoms with Crippen LogP contribution >= 0.6 is 11.6 Å². The van der Waals surface area contributed by atoms with Crippen LogP contribution in [0.25, 0.3) is 5.57 Å². The number of likely N-dealkylation sites (tertiary alicyclic amines) is 1. The summed E-state index contributed by atoms with van der Waals surface area (Å²) in [6.45, 7) is 9.76. The van der Waals surface area contributed by atoms with Gasteiger partial charge in [-0.15, -0.1) is 0 Å². The summed E-state index contributed by atoms with van der Waals surface area (Å²) in [5.74, 6) is 0.900. The summed E-state index contributed by atoms with van der Waals surface area (Å²) in [6.07, 6.45) is 1.10. The molecule has 1 saturated heterocycles. The number of halogens is 1. The molecule has 0 spiro atoms. The van der Waals surface area contributed by atoms with Crippen LogP contribution < -0.4 is 9.64 Å². The van der Waals surface area contributed by atoms with Crippen molar-refractivity contribution in [2.24, 2.45) is 11.8 Å². The molecule has 0 aromatic heterocycles. The number of rotatable bonds is 5. The Labute approximate surface area is 194 Å². The van der Waals surface area contributed by atoms with Crippen LogP contribution in [0.5, 0.6) is 5.75 Å². The van der Waals surface area contributed by atoms with Crippen molar-refractivity contribution < 1.29 is 14.3 Å². The highest BCUT2D eigenvalue weighted by atomic mass is 35.5. The monoisotopic (exact) mass is 452 g/mol. The van der Waals surface area contributed by atoms with Crippen molar-refractivity contribution in [1.82, 2.24) is 4.90 Å².